The van der Waals surface area contributed by atoms with Crippen LogP contribution >= 0.6 is 0 Å². The molecule has 0 saturated carbocycles. The summed E-state index contributed by atoms with van der Waals surface area (Å²) in [6.45, 7) is 5.86. The predicted molar refractivity (Wildman–Crippen MR) is 76.3 cm³/mol. The van der Waals surface area contributed by atoms with Crippen molar-refractivity contribution in [3.05, 3.63) is 35.9 Å². The van der Waals surface area contributed by atoms with Crippen LogP contribution in [0.25, 0.3) is 0 Å². The maximum absolute atomic E-state index is 9.27. The molecule has 0 bridgehead atoms. The van der Waals surface area contributed by atoms with Crippen LogP contribution < -0.4 is 5.73 Å². The summed E-state index contributed by atoms with van der Waals surface area (Å²) in [4.78, 5) is 2.24. The number of aliphatic hydroxyl groups excluding tert-OH is 1. The Morgan fingerprint density at radius 3 is 2.39 bits per heavy atom. The van der Waals surface area contributed by atoms with Crippen molar-refractivity contribution in [1.29, 1.82) is 0 Å². The topological polar surface area (TPSA) is 49.5 Å². The zero-order valence-electron chi connectivity index (χ0n) is 11.7. The summed E-state index contributed by atoms with van der Waals surface area (Å²) in [6, 6.07) is 10.3. The number of nitrogens with zero attached hydrogens (tertiary/aromatic N) is 1. The van der Waals surface area contributed by atoms with Crippen molar-refractivity contribution in [3.8, 4) is 0 Å². The first-order chi connectivity index (χ1) is 8.50. The van der Waals surface area contributed by atoms with Gasteiger partial charge in [-0.3, -0.25) is 0 Å². The van der Waals surface area contributed by atoms with Gasteiger partial charge in [-0.25, -0.2) is 0 Å². The minimum absolute atomic E-state index is 0.0696. The summed E-state index contributed by atoms with van der Waals surface area (Å²) in [5, 5.41) is 9.27. The van der Waals surface area contributed by atoms with Crippen LogP contribution in [0.15, 0.2) is 30.3 Å². The smallest absolute Gasteiger partial charge is 0.0524 e. The second-order valence-corrected chi connectivity index (χ2v) is 5.31. The molecule has 0 amide bonds. The molecular formula is C15H26N2O. The maximum Gasteiger partial charge on any atom is 0.0524 e. The van der Waals surface area contributed by atoms with Gasteiger partial charge >= 0.3 is 0 Å². The van der Waals surface area contributed by atoms with Crippen molar-refractivity contribution < 1.29 is 5.11 Å². The fraction of sp³-hybridized carbons (Fsp3) is 0.600. The second kappa shape index (κ2) is 7.52. The van der Waals surface area contributed by atoms with E-state index in [-0.39, 0.29) is 12.1 Å². The van der Waals surface area contributed by atoms with Crippen LogP contribution in [0.4, 0.5) is 0 Å². The van der Waals surface area contributed by atoms with E-state index in [4.69, 9.17) is 5.73 Å². The molecule has 1 rings (SSSR count). The molecule has 3 N–H and O–H groups in total. The van der Waals surface area contributed by atoms with E-state index < -0.39 is 0 Å². The molecule has 0 aromatic heterocycles. The fourth-order valence-corrected chi connectivity index (χ4v) is 2.11. The van der Waals surface area contributed by atoms with Crippen molar-refractivity contribution in [1.82, 2.24) is 4.90 Å². The average molecular weight is 250 g/mol. The Hall–Kier alpha value is -0.900. The van der Waals surface area contributed by atoms with Crippen LogP contribution in [-0.2, 0) is 0 Å². The van der Waals surface area contributed by atoms with E-state index in [1.54, 1.807) is 0 Å². The zero-order chi connectivity index (χ0) is 13.5. The molecule has 3 atom stereocenters. The Kier molecular flexibility index (Phi) is 6.33. The molecule has 0 fully saturated rings. The van der Waals surface area contributed by atoms with Crippen molar-refractivity contribution in [2.75, 3.05) is 20.1 Å². The van der Waals surface area contributed by atoms with Gasteiger partial charge in [0.25, 0.3) is 0 Å². The Labute approximate surface area is 111 Å². The molecule has 1 aromatic carbocycles. The van der Waals surface area contributed by atoms with Gasteiger partial charge in [0.1, 0.15) is 0 Å². The summed E-state index contributed by atoms with van der Waals surface area (Å²) in [6.07, 6.45) is 0.578. The highest BCUT2D eigenvalue weighted by Gasteiger charge is 2.16. The Morgan fingerprint density at radius 1 is 1.22 bits per heavy atom. The van der Waals surface area contributed by atoms with Gasteiger partial charge in [-0.05, 0) is 31.9 Å². The third-order valence-corrected chi connectivity index (χ3v) is 3.33. The lowest BCUT2D eigenvalue weighted by Gasteiger charge is -2.26. The molecule has 18 heavy (non-hydrogen) atoms. The molecule has 3 heteroatoms. The van der Waals surface area contributed by atoms with Gasteiger partial charge in [0.05, 0.1) is 6.10 Å². The molecular weight excluding hydrogens is 224 g/mol. The van der Waals surface area contributed by atoms with E-state index in [1.807, 2.05) is 25.1 Å². The highest BCUT2D eigenvalue weighted by molar-refractivity contribution is 5.19. The Balaban J connectivity index is 2.42. The molecule has 1 aromatic rings. The lowest BCUT2D eigenvalue weighted by Crippen LogP contribution is -2.32. The lowest BCUT2D eigenvalue weighted by atomic mass is 9.95. The quantitative estimate of drug-likeness (QED) is 0.778. The number of rotatable bonds is 7. The first kappa shape index (κ1) is 15.2. The van der Waals surface area contributed by atoms with Crippen molar-refractivity contribution >= 4 is 0 Å². The van der Waals surface area contributed by atoms with E-state index in [0.29, 0.717) is 5.92 Å². The standard InChI is InChI=1S/C15H26N2O/c1-12(11-17(3)10-9-13(2)18)15(16)14-7-5-4-6-8-14/h4-8,12-13,15,18H,9-11,16H2,1-3H3. The molecule has 0 aliphatic heterocycles. The maximum atomic E-state index is 9.27. The molecule has 3 nitrogen and oxygen atoms in total. The van der Waals surface area contributed by atoms with Gasteiger partial charge < -0.3 is 15.7 Å². The van der Waals surface area contributed by atoms with Gasteiger partial charge in [-0.2, -0.15) is 0 Å². The summed E-state index contributed by atoms with van der Waals surface area (Å²) >= 11 is 0. The zero-order valence-corrected chi connectivity index (χ0v) is 11.7. The number of nitrogens with two attached hydrogens (primary N) is 1. The molecule has 3 unspecified atom stereocenters. The number of aliphatic hydroxyl groups is 1. The van der Waals surface area contributed by atoms with E-state index in [0.717, 1.165) is 19.5 Å². The average Bonchev–Trinajstić information content (AvgIpc) is 2.36. The van der Waals surface area contributed by atoms with Gasteiger partial charge in [0.15, 0.2) is 0 Å². The molecule has 0 aliphatic rings. The largest absolute Gasteiger partial charge is 0.393 e. The van der Waals surface area contributed by atoms with Gasteiger partial charge in [-0.1, -0.05) is 37.3 Å². The van der Waals surface area contributed by atoms with Crippen LogP contribution in [0.5, 0.6) is 0 Å². The van der Waals surface area contributed by atoms with Crippen molar-refractivity contribution in [3.63, 3.8) is 0 Å². The van der Waals surface area contributed by atoms with Crippen LogP contribution in [0.1, 0.15) is 31.9 Å². The van der Waals surface area contributed by atoms with Gasteiger partial charge in [0, 0.05) is 19.1 Å². The summed E-state index contributed by atoms with van der Waals surface area (Å²) < 4.78 is 0. The van der Waals surface area contributed by atoms with E-state index in [2.05, 4.69) is 31.0 Å². The fourth-order valence-electron chi connectivity index (χ4n) is 2.11. The summed E-state index contributed by atoms with van der Waals surface area (Å²) in [7, 11) is 2.08. The normalized spacial score (nSPS) is 16.6. The molecule has 0 radical (unpaired) electrons. The predicted octanol–water partition coefficient (Wildman–Crippen LogP) is 2.03. The van der Waals surface area contributed by atoms with Crippen LogP contribution in [0.2, 0.25) is 0 Å². The van der Waals surface area contributed by atoms with Crippen LogP contribution in [0.3, 0.4) is 0 Å². The number of hydrogen-bond donors (Lipinski definition) is 2. The van der Waals surface area contributed by atoms with E-state index in [9.17, 15) is 5.11 Å². The van der Waals surface area contributed by atoms with E-state index in [1.165, 1.54) is 5.56 Å². The molecule has 0 heterocycles. The van der Waals surface area contributed by atoms with Crippen LogP contribution in [0, 0.1) is 5.92 Å². The minimum atomic E-state index is -0.231. The highest BCUT2D eigenvalue weighted by atomic mass is 16.3. The monoisotopic (exact) mass is 250 g/mol. The van der Waals surface area contributed by atoms with Gasteiger partial charge in [0.2, 0.25) is 0 Å². The molecule has 0 spiro atoms. The Morgan fingerprint density at radius 2 is 1.83 bits per heavy atom. The minimum Gasteiger partial charge on any atom is -0.393 e. The third-order valence-electron chi connectivity index (χ3n) is 3.33. The van der Waals surface area contributed by atoms with Crippen molar-refractivity contribution in [2.24, 2.45) is 11.7 Å². The molecule has 0 saturated heterocycles. The highest BCUT2D eigenvalue weighted by Crippen LogP contribution is 2.19. The lowest BCUT2D eigenvalue weighted by molar-refractivity contribution is 0.157. The summed E-state index contributed by atoms with van der Waals surface area (Å²) in [5.41, 5.74) is 7.46. The first-order valence-electron chi connectivity index (χ1n) is 6.68. The molecule has 0 aliphatic carbocycles. The van der Waals surface area contributed by atoms with E-state index >= 15 is 0 Å². The Bertz CT molecular complexity index is 327. The SMILES string of the molecule is CC(O)CCN(C)CC(C)C(N)c1ccccc1. The number of benzene rings is 1. The van der Waals surface area contributed by atoms with Gasteiger partial charge in [-0.15, -0.1) is 0 Å². The third kappa shape index (κ3) is 5.17. The summed E-state index contributed by atoms with van der Waals surface area (Å²) in [5.74, 6) is 0.395. The second-order valence-electron chi connectivity index (χ2n) is 5.31. The first-order valence-corrected chi connectivity index (χ1v) is 6.68. The molecule has 102 valence electrons. The van der Waals surface area contributed by atoms with Crippen molar-refractivity contribution in [2.45, 2.75) is 32.4 Å². The number of hydrogen-bond acceptors (Lipinski definition) is 3. The van der Waals surface area contributed by atoms with Crippen LogP contribution in [-0.4, -0.2) is 36.2 Å².